The van der Waals surface area contributed by atoms with Crippen LogP contribution in [0.3, 0.4) is 0 Å². The van der Waals surface area contributed by atoms with E-state index in [0.717, 1.165) is 10.4 Å². The number of aromatic nitrogens is 1. The Morgan fingerprint density at radius 2 is 2.25 bits per heavy atom. The molecule has 2 heterocycles. The minimum atomic E-state index is -0.282. The normalized spacial score (nSPS) is 10.8. The van der Waals surface area contributed by atoms with Crippen molar-refractivity contribution in [1.82, 2.24) is 9.88 Å². The minimum absolute atomic E-state index is 0.220. The van der Waals surface area contributed by atoms with Gasteiger partial charge < -0.3 is 14.1 Å². The maximum Gasteiger partial charge on any atom is 0.324 e. The van der Waals surface area contributed by atoms with Crippen LogP contribution >= 0.6 is 11.3 Å². The summed E-state index contributed by atoms with van der Waals surface area (Å²) in [6.45, 7) is 2.90. The summed E-state index contributed by atoms with van der Waals surface area (Å²) in [4.78, 5) is 19.4. The van der Waals surface area contributed by atoms with Crippen molar-refractivity contribution in [1.29, 1.82) is 0 Å². The first-order valence-electron chi connectivity index (χ1n) is 8.82. The van der Waals surface area contributed by atoms with E-state index in [4.69, 9.17) is 9.15 Å². The van der Waals surface area contributed by atoms with Gasteiger partial charge in [-0.3, -0.25) is 5.32 Å². The van der Waals surface area contributed by atoms with E-state index in [1.54, 1.807) is 43.5 Å². The van der Waals surface area contributed by atoms with Crippen molar-refractivity contribution in [3.8, 4) is 0 Å². The third kappa shape index (κ3) is 5.40. The third-order valence-electron chi connectivity index (χ3n) is 4.16. The molecule has 0 saturated heterocycles. The number of nitrogens with one attached hydrogen (secondary N) is 1. The Hall–Kier alpha value is -2.71. The Morgan fingerprint density at radius 1 is 1.39 bits per heavy atom. The number of halogens is 1. The van der Waals surface area contributed by atoms with Crippen LogP contribution in [-0.2, 0) is 17.7 Å². The lowest BCUT2D eigenvalue weighted by Gasteiger charge is -2.21. The number of benzene rings is 1. The van der Waals surface area contributed by atoms with Crippen LogP contribution in [0.4, 0.5) is 14.3 Å². The molecule has 3 aromatic rings. The number of hydrogen-bond donors (Lipinski definition) is 1. The van der Waals surface area contributed by atoms with Gasteiger partial charge >= 0.3 is 6.03 Å². The zero-order valence-electron chi connectivity index (χ0n) is 15.8. The van der Waals surface area contributed by atoms with Crippen molar-refractivity contribution < 1.29 is 18.3 Å². The molecule has 3 rings (SSSR count). The van der Waals surface area contributed by atoms with E-state index in [-0.39, 0.29) is 11.8 Å². The second kappa shape index (κ2) is 9.48. The highest BCUT2D eigenvalue weighted by atomic mass is 32.1. The third-order valence-corrected chi connectivity index (χ3v) is 5.07. The molecule has 0 unspecified atom stereocenters. The Balaban J connectivity index is 1.63. The second-order valence-corrected chi connectivity index (χ2v) is 7.43. The summed E-state index contributed by atoms with van der Waals surface area (Å²) < 4.78 is 24.1. The predicted molar refractivity (Wildman–Crippen MR) is 106 cm³/mol. The Labute approximate surface area is 167 Å². The molecule has 0 aliphatic rings. The highest BCUT2D eigenvalue weighted by Crippen LogP contribution is 2.22. The van der Waals surface area contributed by atoms with Crippen molar-refractivity contribution in [2.24, 2.45) is 0 Å². The maximum absolute atomic E-state index is 13.7. The molecule has 8 heteroatoms. The van der Waals surface area contributed by atoms with E-state index in [1.165, 1.54) is 17.4 Å². The smallest absolute Gasteiger partial charge is 0.324 e. The molecule has 0 aliphatic heterocycles. The molecule has 0 spiro atoms. The monoisotopic (exact) mass is 403 g/mol. The Bertz CT molecular complexity index is 911. The van der Waals surface area contributed by atoms with Gasteiger partial charge in [0.1, 0.15) is 11.6 Å². The van der Waals surface area contributed by atoms with Gasteiger partial charge in [0.25, 0.3) is 0 Å². The highest BCUT2D eigenvalue weighted by molar-refractivity contribution is 7.15. The largest absolute Gasteiger partial charge is 0.467 e. The molecular weight excluding hydrogens is 381 g/mol. The molecule has 1 N–H and O–H groups in total. The zero-order valence-corrected chi connectivity index (χ0v) is 16.6. The molecule has 28 heavy (non-hydrogen) atoms. The van der Waals surface area contributed by atoms with Gasteiger partial charge in [-0.25, -0.2) is 14.2 Å². The number of rotatable bonds is 8. The molecule has 0 aliphatic carbocycles. The van der Waals surface area contributed by atoms with Crippen LogP contribution in [0.5, 0.6) is 0 Å². The Kier molecular flexibility index (Phi) is 6.78. The fourth-order valence-electron chi connectivity index (χ4n) is 2.61. The van der Waals surface area contributed by atoms with E-state index in [2.05, 4.69) is 10.3 Å². The molecular formula is C20H22FN3O3S. The number of nitrogens with zero attached hydrogens (tertiary/aromatic N) is 2. The number of amides is 2. The molecule has 2 amide bonds. The maximum atomic E-state index is 13.7. The predicted octanol–water partition coefficient (Wildman–Crippen LogP) is 4.45. The fraction of sp³-hybridized carbons (Fsp3) is 0.300. The quantitative estimate of drug-likeness (QED) is 0.603. The number of aryl methyl sites for hydroxylation is 1. The summed E-state index contributed by atoms with van der Waals surface area (Å²) in [5.41, 5.74) is 1.48. The van der Waals surface area contributed by atoms with E-state index < -0.39 is 0 Å². The summed E-state index contributed by atoms with van der Waals surface area (Å²) in [7, 11) is 1.59. The molecule has 6 nitrogen and oxygen atoms in total. The van der Waals surface area contributed by atoms with Crippen molar-refractivity contribution in [2.75, 3.05) is 25.6 Å². The Morgan fingerprint density at radius 3 is 2.96 bits per heavy atom. The summed E-state index contributed by atoms with van der Waals surface area (Å²) in [6, 6.07) is 8.50. The van der Waals surface area contributed by atoms with Crippen LogP contribution in [-0.4, -0.2) is 36.2 Å². The number of methoxy groups -OCH3 is 1. The van der Waals surface area contributed by atoms with Crippen LogP contribution in [0.15, 0.2) is 47.2 Å². The van der Waals surface area contributed by atoms with Crippen molar-refractivity contribution in [3.05, 3.63) is 70.4 Å². The van der Waals surface area contributed by atoms with Gasteiger partial charge in [0.05, 0.1) is 19.4 Å². The number of thiazole rings is 1. The lowest BCUT2D eigenvalue weighted by molar-refractivity contribution is 0.149. The zero-order chi connectivity index (χ0) is 19.9. The van der Waals surface area contributed by atoms with E-state index in [0.29, 0.717) is 42.6 Å². The van der Waals surface area contributed by atoms with Crippen LogP contribution in [0, 0.1) is 12.7 Å². The molecule has 0 fully saturated rings. The van der Waals surface area contributed by atoms with E-state index in [9.17, 15) is 9.18 Å². The van der Waals surface area contributed by atoms with Gasteiger partial charge in [-0.05, 0) is 36.2 Å². The molecule has 0 radical (unpaired) electrons. The summed E-state index contributed by atoms with van der Waals surface area (Å²) in [5, 5.41) is 3.31. The average molecular weight is 403 g/mol. The molecule has 148 valence electrons. The van der Waals surface area contributed by atoms with Gasteiger partial charge in [0.15, 0.2) is 5.13 Å². The lowest BCUT2D eigenvalue weighted by atomic mass is 10.1. The molecule has 0 saturated carbocycles. The number of ether oxygens (including phenoxy) is 1. The molecule has 2 aromatic heterocycles. The van der Waals surface area contributed by atoms with Crippen LogP contribution in [0.2, 0.25) is 0 Å². The summed E-state index contributed by atoms with van der Waals surface area (Å²) in [5.74, 6) is 0.467. The second-order valence-electron chi connectivity index (χ2n) is 6.32. The molecule has 0 bridgehead atoms. The molecule has 1 aromatic carbocycles. The van der Waals surface area contributed by atoms with Gasteiger partial charge in [0, 0.05) is 31.1 Å². The van der Waals surface area contributed by atoms with E-state index in [1.807, 2.05) is 12.1 Å². The first-order valence-corrected chi connectivity index (χ1v) is 9.64. The van der Waals surface area contributed by atoms with Crippen LogP contribution < -0.4 is 5.32 Å². The standard InChI is InChI=1S/C20H22FN3O3S/c1-14-5-6-15(11-18(14)21)10-17-12-22-19(28-17)23-20(25)24(7-9-26-2)13-16-4-3-8-27-16/h3-6,8,11-12H,7,9-10,13H2,1-2H3,(H,22,23,25). The van der Waals surface area contributed by atoms with Crippen LogP contribution in [0.1, 0.15) is 21.8 Å². The van der Waals surface area contributed by atoms with Gasteiger partial charge in [0.2, 0.25) is 0 Å². The SMILES string of the molecule is COCCN(Cc1ccco1)C(=O)Nc1ncc(Cc2ccc(C)c(F)c2)s1. The fourth-order valence-corrected chi connectivity index (χ4v) is 3.45. The van der Waals surface area contributed by atoms with Crippen molar-refractivity contribution >= 4 is 22.5 Å². The average Bonchev–Trinajstić information content (AvgIpc) is 3.34. The number of carbonyl (C=O) groups excluding carboxylic acids is 1. The number of furan rings is 1. The van der Waals surface area contributed by atoms with Crippen molar-refractivity contribution in [3.63, 3.8) is 0 Å². The lowest BCUT2D eigenvalue weighted by Crippen LogP contribution is -2.36. The molecule has 0 atom stereocenters. The van der Waals surface area contributed by atoms with E-state index >= 15 is 0 Å². The van der Waals surface area contributed by atoms with Crippen molar-refractivity contribution in [2.45, 2.75) is 19.9 Å². The summed E-state index contributed by atoms with van der Waals surface area (Å²) >= 11 is 1.37. The number of hydrogen-bond acceptors (Lipinski definition) is 5. The topological polar surface area (TPSA) is 67.6 Å². The van der Waals surface area contributed by atoms with Gasteiger partial charge in [-0.1, -0.05) is 12.1 Å². The highest BCUT2D eigenvalue weighted by Gasteiger charge is 2.17. The minimum Gasteiger partial charge on any atom is -0.467 e. The number of carbonyl (C=O) groups is 1. The number of anilines is 1. The number of urea groups is 1. The van der Waals surface area contributed by atoms with Gasteiger partial charge in [-0.15, -0.1) is 11.3 Å². The first-order chi connectivity index (χ1) is 13.5. The van der Waals surface area contributed by atoms with Crippen LogP contribution in [0.25, 0.3) is 0 Å². The first kappa shape index (κ1) is 20.0. The van der Waals surface area contributed by atoms with Gasteiger partial charge in [-0.2, -0.15) is 0 Å². The summed E-state index contributed by atoms with van der Waals surface area (Å²) in [6.07, 6.45) is 3.83.